The quantitative estimate of drug-likeness (QED) is 0.148. The number of rotatable bonds is 10. The fourth-order valence-corrected chi connectivity index (χ4v) is 4.14. The molecule has 0 unspecified atom stereocenters. The van der Waals surface area contributed by atoms with Crippen LogP contribution < -0.4 is 20.1 Å². The van der Waals surface area contributed by atoms with Crippen LogP contribution >= 0.6 is 27.5 Å². The van der Waals surface area contributed by atoms with Crippen molar-refractivity contribution in [2.75, 3.05) is 22.6 Å². The van der Waals surface area contributed by atoms with Gasteiger partial charge in [-0.25, -0.2) is 0 Å². The minimum absolute atomic E-state index is 0.304. The normalized spacial score (nSPS) is 10.8. The van der Waals surface area contributed by atoms with Crippen LogP contribution in [-0.4, -0.2) is 22.8 Å². The number of nitrogens with one attached hydrogen (secondary N) is 2. The summed E-state index contributed by atoms with van der Waals surface area (Å²) in [6.45, 7) is 2.66. The van der Waals surface area contributed by atoms with Crippen molar-refractivity contribution in [1.82, 2.24) is 4.98 Å². The topological polar surface area (TPSA) is 96.3 Å². The number of anilines is 3. The number of carbonyl (C=O) groups is 1. The predicted molar refractivity (Wildman–Crippen MR) is 155 cm³/mol. The van der Waals surface area contributed by atoms with Gasteiger partial charge >= 0.3 is 0 Å². The molecule has 0 saturated heterocycles. The Morgan fingerprint density at radius 1 is 1.13 bits per heavy atom. The molecule has 0 aliphatic carbocycles. The van der Waals surface area contributed by atoms with E-state index in [0.717, 1.165) is 5.56 Å². The van der Waals surface area contributed by atoms with Crippen LogP contribution in [0.2, 0.25) is 5.02 Å². The van der Waals surface area contributed by atoms with Crippen LogP contribution in [0.15, 0.2) is 79.0 Å². The average Bonchev–Trinajstić information content (AvgIpc) is 2.93. The molecule has 0 fully saturated rings. The van der Waals surface area contributed by atoms with E-state index in [9.17, 15) is 10.1 Å². The first-order valence-electron chi connectivity index (χ1n) is 11.8. The summed E-state index contributed by atoms with van der Waals surface area (Å²) in [5.41, 5.74) is 3.61. The van der Waals surface area contributed by atoms with Crippen LogP contribution in [0, 0.1) is 11.3 Å². The van der Waals surface area contributed by atoms with Crippen molar-refractivity contribution in [3.8, 4) is 17.6 Å². The first-order chi connectivity index (χ1) is 18.5. The van der Waals surface area contributed by atoms with Gasteiger partial charge in [0.2, 0.25) is 5.91 Å². The van der Waals surface area contributed by atoms with Gasteiger partial charge in [0.25, 0.3) is 0 Å². The highest BCUT2D eigenvalue weighted by Crippen LogP contribution is 2.37. The Balaban J connectivity index is 1.67. The SMILES string of the molecule is CCOc1cc2ncc(C#N)c(Nc3ccc(OCc4ccccc4)c(Cl)c3)c2cc1NC(=O)C=CCBr. The summed E-state index contributed by atoms with van der Waals surface area (Å²) in [6.07, 6.45) is 4.62. The number of hydrogen-bond acceptors (Lipinski definition) is 6. The van der Waals surface area contributed by atoms with Crippen molar-refractivity contribution in [2.45, 2.75) is 13.5 Å². The summed E-state index contributed by atoms with van der Waals surface area (Å²) in [6, 6.07) is 20.8. The molecule has 4 rings (SSSR count). The second-order valence-electron chi connectivity index (χ2n) is 8.05. The number of hydrogen-bond donors (Lipinski definition) is 2. The van der Waals surface area contributed by atoms with Crippen molar-refractivity contribution in [1.29, 1.82) is 5.26 Å². The number of nitriles is 1. The smallest absolute Gasteiger partial charge is 0.248 e. The molecule has 0 bridgehead atoms. The summed E-state index contributed by atoms with van der Waals surface area (Å²) in [4.78, 5) is 16.8. The third-order valence-corrected chi connectivity index (χ3v) is 6.11. The van der Waals surface area contributed by atoms with Gasteiger partial charge in [-0.15, -0.1) is 0 Å². The first-order valence-corrected chi connectivity index (χ1v) is 13.3. The highest BCUT2D eigenvalue weighted by molar-refractivity contribution is 9.09. The maximum Gasteiger partial charge on any atom is 0.248 e. The molecule has 2 N–H and O–H groups in total. The van der Waals surface area contributed by atoms with E-state index in [-0.39, 0.29) is 5.91 Å². The lowest BCUT2D eigenvalue weighted by atomic mass is 10.1. The maximum atomic E-state index is 12.4. The molecule has 7 nitrogen and oxygen atoms in total. The molecule has 38 heavy (non-hydrogen) atoms. The van der Waals surface area contributed by atoms with Gasteiger partial charge in [-0.3, -0.25) is 9.78 Å². The Morgan fingerprint density at radius 3 is 2.66 bits per heavy atom. The van der Waals surface area contributed by atoms with Gasteiger partial charge in [0.05, 0.1) is 34.1 Å². The lowest BCUT2D eigenvalue weighted by Gasteiger charge is -2.16. The Bertz CT molecular complexity index is 1520. The number of amides is 1. The molecule has 3 aromatic carbocycles. The fraction of sp³-hybridized carbons (Fsp3) is 0.138. The van der Waals surface area contributed by atoms with Gasteiger partial charge in [0, 0.05) is 34.7 Å². The molecule has 0 spiro atoms. The first kappa shape index (κ1) is 27.0. The zero-order valence-corrected chi connectivity index (χ0v) is 22.8. The third-order valence-electron chi connectivity index (χ3n) is 5.44. The average molecular weight is 592 g/mol. The van der Waals surface area contributed by atoms with Crippen LogP contribution in [0.25, 0.3) is 10.9 Å². The van der Waals surface area contributed by atoms with Crippen LogP contribution in [-0.2, 0) is 11.4 Å². The number of fused-ring (bicyclic) bond motifs is 1. The molecule has 1 aromatic heterocycles. The van der Waals surface area contributed by atoms with Crippen LogP contribution in [0.4, 0.5) is 17.1 Å². The minimum Gasteiger partial charge on any atom is -0.492 e. The number of carbonyl (C=O) groups excluding carboxylic acids is 1. The lowest BCUT2D eigenvalue weighted by Crippen LogP contribution is -2.10. The molecule has 0 aliphatic rings. The van der Waals surface area contributed by atoms with E-state index in [4.69, 9.17) is 21.1 Å². The predicted octanol–water partition coefficient (Wildman–Crippen LogP) is 7.37. The molecule has 0 saturated carbocycles. The number of allylic oxidation sites excluding steroid dienone is 1. The molecule has 0 aliphatic heterocycles. The van der Waals surface area contributed by atoms with Gasteiger partial charge in [-0.1, -0.05) is 63.9 Å². The van der Waals surface area contributed by atoms with Crippen molar-refractivity contribution >= 4 is 61.4 Å². The highest BCUT2D eigenvalue weighted by atomic mass is 79.9. The second-order valence-corrected chi connectivity index (χ2v) is 9.10. The maximum absolute atomic E-state index is 12.4. The van der Waals surface area contributed by atoms with E-state index in [1.807, 2.05) is 43.3 Å². The van der Waals surface area contributed by atoms with Crippen LogP contribution in [0.5, 0.6) is 11.5 Å². The molecular formula is C29H24BrClN4O3. The molecule has 192 valence electrons. The third kappa shape index (κ3) is 6.62. The number of alkyl halides is 1. The summed E-state index contributed by atoms with van der Waals surface area (Å²) in [5.74, 6) is 0.720. The molecule has 1 amide bonds. The van der Waals surface area contributed by atoms with Crippen molar-refractivity contribution in [3.63, 3.8) is 0 Å². The largest absolute Gasteiger partial charge is 0.492 e. The lowest BCUT2D eigenvalue weighted by molar-refractivity contribution is -0.111. The second kappa shape index (κ2) is 13.0. The number of pyridine rings is 1. The van der Waals surface area contributed by atoms with Crippen LogP contribution in [0.1, 0.15) is 18.1 Å². The number of aromatic nitrogens is 1. The zero-order valence-electron chi connectivity index (χ0n) is 20.5. The van der Waals surface area contributed by atoms with Crippen molar-refractivity contribution in [3.05, 3.63) is 95.2 Å². The molecule has 4 aromatic rings. The monoisotopic (exact) mass is 590 g/mol. The van der Waals surface area contributed by atoms with E-state index in [2.05, 4.69) is 37.6 Å². The highest BCUT2D eigenvalue weighted by Gasteiger charge is 2.16. The Hall–Kier alpha value is -4.06. The van der Waals surface area contributed by atoms with Gasteiger partial charge in [0.1, 0.15) is 24.2 Å². The summed E-state index contributed by atoms with van der Waals surface area (Å²) in [5, 5.41) is 17.6. The Kier molecular flexibility index (Phi) is 9.20. The Labute approximate surface area is 234 Å². The van der Waals surface area contributed by atoms with Gasteiger partial charge in [-0.05, 0) is 36.8 Å². The van der Waals surface area contributed by atoms with Crippen molar-refractivity contribution < 1.29 is 14.3 Å². The number of ether oxygens (including phenoxy) is 2. The summed E-state index contributed by atoms with van der Waals surface area (Å²) in [7, 11) is 0. The molecule has 0 atom stereocenters. The van der Waals surface area contributed by atoms with E-state index < -0.39 is 0 Å². The molecule has 0 radical (unpaired) electrons. The Morgan fingerprint density at radius 2 is 1.95 bits per heavy atom. The van der Waals surface area contributed by atoms with E-state index in [1.165, 1.54) is 12.3 Å². The molecular weight excluding hydrogens is 568 g/mol. The van der Waals surface area contributed by atoms with Gasteiger partial charge in [0.15, 0.2) is 0 Å². The van der Waals surface area contributed by atoms with E-state index in [0.29, 0.717) is 68.6 Å². The fourth-order valence-electron chi connectivity index (χ4n) is 3.71. The standard InChI is InChI=1S/C29H24BrClN4O3/c1-2-37-27-15-24-22(14-25(27)35-28(36)9-6-12-30)29(20(16-32)17-33-24)34-21-10-11-26(23(31)13-21)38-18-19-7-4-3-5-8-19/h3-11,13-15,17H,2,12,18H2,1H3,(H,33,34)(H,35,36). The van der Waals surface area contributed by atoms with Crippen molar-refractivity contribution in [2.24, 2.45) is 0 Å². The van der Waals surface area contributed by atoms with E-state index in [1.54, 1.807) is 30.3 Å². The number of halogens is 2. The summed E-state index contributed by atoms with van der Waals surface area (Å²) < 4.78 is 11.6. The summed E-state index contributed by atoms with van der Waals surface area (Å²) >= 11 is 9.78. The van der Waals surface area contributed by atoms with Crippen LogP contribution in [0.3, 0.4) is 0 Å². The molecule has 1 heterocycles. The minimum atomic E-state index is -0.304. The van der Waals surface area contributed by atoms with E-state index >= 15 is 0 Å². The molecule has 9 heteroatoms. The van der Waals surface area contributed by atoms with Gasteiger partial charge in [-0.2, -0.15) is 5.26 Å². The number of benzene rings is 3. The number of nitrogens with zero attached hydrogens (tertiary/aromatic N) is 2. The zero-order chi connectivity index (χ0) is 26.9. The van der Waals surface area contributed by atoms with Gasteiger partial charge < -0.3 is 20.1 Å².